The van der Waals surface area contributed by atoms with Crippen molar-refractivity contribution in [3.63, 3.8) is 0 Å². The smallest absolute Gasteiger partial charge is 0.223 e. The summed E-state index contributed by atoms with van der Waals surface area (Å²) in [7, 11) is 0. The number of hydrogen-bond donors (Lipinski definition) is 2. The van der Waals surface area contributed by atoms with E-state index in [1.54, 1.807) is 0 Å². The summed E-state index contributed by atoms with van der Waals surface area (Å²) in [6.07, 6.45) is 3.59. The Kier molecular flexibility index (Phi) is 4.40. The van der Waals surface area contributed by atoms with E-state index in [9.17, 15) is 9.90 Å². The fourth-order valence-electron chi connectivity index (χ4n) is 2.89. The van der Waals surface area contributed by atoms with Gasteiger partial charge in [-0.25, -0.2) is 0 Å². The lowest BCUT2D eigenvalue weighted by Gasteiger charge is -2.28. The predicted molar refractivity (Wildman–Crippen MR) is 64.4 cm³/mol. The van der Waals surface area contributed by atoms with Gasteiger partial charge in [0.15, 0.2) is 0 Å². The third-order valence-electron chi connectivity index (χ3n) is 4.14. The van der Waals surface area contributed by atoms with Crippen LogP contribution in [0.4, 0.5) is 0 Å². The molecule has 2 fully saturated rings. The highest BCUT2D eigenvalue weighted by Crippen LogP contribution is 2.25. The lowest BCUT2D eigenvalue weighted by atomic mass is 9.89. The molecule has 1 aliphatic carbocycles. The summed E-state index contributed by atoms with van der Waals surface area (Å²) in [6.45, 7) is 4.07. The summed E-state index contributed by atoms with van der Waals surface area (Å²) in [4.78, 5) is 12.0. The van der Waals surface area contributed by atoms with Crippen molar-refractivity contribution >= 4 is 5.91 Å². The maximum absolute atomic E-state index is 12.0. The van der Waals surface area contributed by atoms with E-state index in [0.29, 0.717) is 25.7 Å². The number of aliphatic hydroxyl groups is 1. The van der Waals surface area contributed by atoms with Crippen molar-refractivity contribution in [3.8, 4) is 0 Å². The molecule has 2 aliphatic rings. The minimum atomic E-state index is -0.220. The average molecular weight is 241 g/mol. The number of ether oxygens (including phenoxy) is 1. The molecule has 2 rings (SSSR count). The van der Waals surface area contributed by atoms with Crippen molar-refractivity contribution in [3.05, 3.63) is 0 Å². The van der Waals surface area contributed by atoms with Crippen molar-refractivity contribution in [2.75, 3.05) is 19.8 Å². The molecule has 17 heavy (non-hydrogen) atoms. The highest BCUT2D eigenvalue weighted by Gasteiger charge is 2.30. The van der Waals surface area contributed by atoms with Crippen molar-refractivity contribution < 1.29 is 14.6 Å². The Morgan fingerprint density at radius 2 is 2.24 bits per heavy atom. The van der Waals surface area contributed by atoms with Crippen LogP contribution < -0.4 is 5.32 Å². The first kappa shape index (κ1) is 12.8. The molecule has 1 saturated carbocycles. The maximum Gasteiger partial charge on any atom is 0.223 e. The molecule has 1 amide bonds. The highest BCUT2D eigenvalue weighted by molar-refractivity contribution is 5.79. The largest absolute Gasteiger partial charge is 0.393 e. The summed E-state index contributed by atoms with van der Waals surface area (Å²) in [5.74, 6) is 0.786. The van der Waals surface area contributed by atoms with Crippen LogP contribution in [0.1, 0.15) is 32.6 Å². The molecule has 4 nitrogen and oxygen atoms in total. The van der Waals surface area contributed by atoms with Gasteiger partial charge in [-0.1, -0.05) is 13.3 Å². The van der Waals surface area contributed by atoms with Crippen LogP contribution in [0.3, 0.4) is 0 Å². The highest BCUT2D eigenvalue weighted by atomic mass is 16.5. The van der Waals surface area contributed by atoms with Gasteiger partial charge >= 0.3 is 0 Å². The van der Waals surface area contributed by atoms with Crippen LogP contribution in [-0.2, 0) is 9.53 Å². The lowest BCUT2D eigenvalue weighted by molar-refractivity contribution is -0.130. The van der Waals surface area contributed by atoms with Gasteiger partial charge in [0.25, 0.3) is 0 Å². The molecule has 0 aromatic rings. The summed E-state index contributed by atoms with van der Waals surface area (Å²) >= 11 is 0. The number of aliphatic hydroxyl groups excluding tert-OH is 1. The molecule has 4 unspecified atom stereocenters. The van der Waals surface area contributed by atoms with E-state index in [2.05, 4.69) is 12.2 Å². The van der Waals surface area contributed by atoms with Crippen molar-refractivity contribution in [1.29, 1.82) is 0 Å². The van der Waals surface area contributed by atoms with Crippen LogP contribution in [0.25, 0.3) is 0 Å². The molecule has 4 heteroatoms. The lowest BCUT2D eigenvalue weighted by Crippen LogP contribution is -2.41. The first-order valence-corrected chi connectivity index (χ1v) is 6.72. The van der Waals surface area contributed by atoms with E-state index >= 15 is 0 Å². The van der Waals surface area contributed by atoms with Crippen molar-refractivity contribution in [1.82, 2.24) is 5.32 Å². The second-order valence-electron chi connectivity index (χ2n) is 5.45. The van der Waals surface area contributed by atoms with Gasteiger partial charge in [0.2, 0.25) is 5.91 Å². The van der Waals surface area contributed by atoms with E-state index < -0.39 is 0 Å². The van der Waals surface area contributed by atoms with Crippen LogP contribution in [0, 0.1) is 17.8 Å². The van der Waals surface area contributed by atoms with E-state index in [1.165, 1.54) is 0 Å². The minimum Gasteiger partial charge on any atom is -0.393 e. The SMILES string of the molecule is CC1COCCC1C(=O)NCC1CCCC1O. The fraction of sp³-hybridized carbons (Fsp3) is 0.923. The number of nitrogens with one attached hydrogen (secondary N) is 1. The molecular weight excluding hydrogens is 218 g/mol. The van der Waals surface area contributed by atoms with Crippen molar-refractivity contribution in [2.45, 2.75) is 38.7 Å². The monoisotopic (exact) mass is 241 g/mol. The van der Waals surface area contributed by atoms with E-state index in [4.69, 9.17) is 4.74 Å². The molecule has 2 N–H and O–H groups in total. The maximum atomic E-state index is 12.0. The molecular formula is C13H23NO3. The van der Waals surface area contributed by atoms with Gasteiger partial charge in [0, 0.05) is 31.6 Å². The standard InChI is InChI=1S/C13H23NO3/c1-9-8-17-6-5-11(9)13(16)14-7-10-3-2-4-12(10)15/h9-12,15H,2-8H2,1H3,(H,14,16). The molecule has 1 aliphatic heterocycles. The molecule has 0 radical (unpaired) electrons. The number of carbonyl (C=O) groups excluding carboxylic acids is 1. The zero-order chi connectivity index (χ0) is 12.3. The van der Waals surface area contributed by atoms with Crippen LogP contribution in [0.2, 0.25) is 0 Å². The summed E-state index contributed by atoms with van der Waals surface area (Å²) < 4.78 is 5.34. The van der Waals surface area contributed by atoms with Gasteiger partial charge in [-0.2, -0.15) is 0 Å². The van der Waals surface area contributed by atoms with Crippen LogP contribution in [0.5, 0.6) is 0 Å². The van der Waals surface area contributed by atoms with Crippen LogP contribution in [0.15, 0.2) is 0 Å². The number of carbonyl (C=O) groups is 1. The van der Waals surface area contributed by atoms with E-state index in [-0.39, 0.29) is 23.8 Å². The predicted octanol–water partition coefficient (Wildman–Crippen LogP) is 0.936. The second kappa shape index (κ2) is 5.83. The summed E-state index contributed by atoms with van der Waals surface area (Å²) in [5.41, 5.74) is 0. The second-order valence-corrected chi connectivity index (χ2v) is 5.45. The van der Waals surface area contributed by atoms with Gasteiger partial charge in [-0.05, 0) is 25.2 Å². The molecule has 0 spiro atoms. The Hall–Kier alpha value is -0.610. The molecule has 98 valence electrons. The van der Waals surface area contributed by atoms with Crippen LogP contribution in [-0.4, -0.2) is 36.9 Å². The molecule has 4 atom stereocenters. The Bertz CT molecular complexity index is 269. The average Bonchev–Trinajstić information content (AvgIpc) is 2.72. The molecule has 0 aromatic carbocycles. The van der Waals surface area contributed by atoms with E-state index in [0.717, 1.165) is 25.7 Å². The molecule has 0 bridgehead atoms. The topological polar surface area (TPSA) is 58.6 Å². The zero-order valence-electron chi connectivity index (χ0n) is 10.5. The Labute approximate surface area is 103 Å². The zero-order valence-corrected chi connectivity index (χ0v) is 10.5. The number of amides is 1. The van der Waals surface area contributed by atoms with Gasteiger partial charge in [0.1, 0.15) is 0 Å². The minimum absolute atomic E-state index is 0.0855. The number of hydrogen-bond acceptors (Lipinski definition) is 3. The van der Waals surface area contributed by atoms with Gasteiger partial charge < -0.3 is 15.2 Å². The molecule has 0 aromatic heterocycles. The van der Waals surface area contributed by atoms with Crippen LogP contribution >= 0.6 is 0 Å². The van der Waals surface area contributed by atoms with Gasteiger partial charge in [-0.15, -0.1) is 0 Å². The van der Waals surface area contributed by atoms with Gasteiger partial charge in [-0.3, -0.25) is 4.79 Å². The van der Waals surface area contributed by atoms with E-state index in [1.807, 2.05) is 0 Å². The summed E-state index contributed by atoms with van der Waals surface area (Å²) in [5, 5.41) is 12.7. The fourth-order valence-corrected chi connectivity index (χ4v) is 2.89. The quantitative estimate of drug-likeness (QED) is 0.773. The first-order chi connectivity index (χ1) is 8.18. The molecule has 1 saturated heterocycles. The number of rotatable bonds is 3. The third-order valence-corrected chi connectivity index (χ3v) is 4.14. The Morgan fingerprint density at radius 1 is 1.41 bits per heavy atom. The first-order valence-electron chi connectivity index (χ1n) is 6.72. The van der Waals surface area contributed by atoms with Crippen molar-refractivity contribution in [2.24, 2.45) is 17.8 Å². The Morgan fingerprint density at radius 3 is 2.88 bits per heavy atom. The third kappa shape index (κ3) is 3.19. The normalized spacial score (nSPS) is 38.0. The summed E-state index contributed by atoms with van der Waals surface area (Å²) in [6, 6.07) is 0. The van der Waals surface area contributed by atoms with Gasteiger partial charge in [0.05, 0.1) is 6.10 Å². The Balaban J connectivity index is 1.76. The molecule has 1 heterocycles.